The fourth-order valence-corrected chi connectivity index (χ4v) is 2.92. The predicted octanol–water partition coefficient (Wildman–Crippen LogP) is 4.42. The van der Waals surface area contributed by atoms with Crippen LogP contribution in [0.15, 0.2) is 62.2 Å². The average molecular weight is 321 g/mol. The van der Waals surface area contributed by atoms with E-state index < -0.39 is 10.5 Å². The maximum atomic E-state index is 12.5. The van der Waals surface area contributed by atoms with Gasteiger partial charge >= 0.3 is 5.63 Å². The van der Waals surface area contributed by atoms with Crippen LogP contribution in [-0.2, 0) is 0 Å². The number of rotatable bonds is 2. The minimum absolute atomic E-state index is 0.0699. The maximum Gasteiger partial charge on any atom is 0.348 e. The first-order valence-electron chi connectivity index (χ1n) is 7.26. The van der Waals surface area contributed by atoms with Crippen LogP contribution in [0.2, 0.25) is 0 Å². The fourth-order valence-electron chi connectivity index (χ4n) is 2.92. The van der Waals surface area contributed by atoms with Gasteiger partial charge in [0.1, 0.15) is 22.5 Å². The Hall–Kier alpha value is -3.41. The van der Waals surface area contributed by atoms with Crippen LogP contribution >= 0.6 is 0 Å². The Balaban J connectivity index is 2.17. The molecule has 0 radical (unpaired) electrons. The van der Waals surface area contributed by atoms with Gasteiger partial charge in [-0.15, -0.1) is 0 Å². The zero-order valence-corrected chi connectivity index (χ0v) is 12.6. The molecule has 24 heavy (non-hydrogen) atoms. The van der Waals surface area contributed by atoms with Crippen molar-refractivity contribution in [1.29, 1.82) is 0 Å². The lowest BCUT2D eigenvalue weighted by Gasteiger charge is -2.00. The molecule has 0 N–H and O–H groups in total. The minimum Gasteiger partial charge on any atom is -0.460 e. The Bertz CT molecular complexity index is 1150. The fraction of sp³-hybridized carbons (Fsp3) is 0.0556. The van der Waals surface area contributed by atoms with E-state index in [4.69, 9.17) is 8.83 Å². The van der Waals surface area contributed by atoms with Gasteiger partial charge in [0, 0.05) is 28.5 Å². The molecule has 4 rings (SSSR count). The zero-order chi connectivity index (χ0) is 16.8. The van der Waals surface area contributed by atoms with Crippen LogP contribution in [0.1, 0.15) is 5.76 Å². The third kappa shape index (κ3) is 2.00. The van der Waals surface area contributed by atoms with Crippen LogP contribution in [-0.4, -0.2) is 4.92 Å². The van der Waals surface area contributed by atoms with Gasteiger partial charge in [-0.2, -0.15) is 0 Å². The van der Waals surface area contributed by atoms with Gasteiger partial charge in [0.25, 0.3) is 5.69 Å². The van der Waals surface area contributed by atoms with Crippen LogP contribution in [0.3, 0.4) is 0 Å². The normalized spacial score (nSPS) is 11.2. The first kappa shape index (κ1) is 14.2. The molecule has 0 bridgehead atoms. The molecule has 6 heteroatoms. The third-order valence-electron chi connectivity index (χ3n) is 3.97. The molecule has 118 valence electrons. The van der Waals surface area contributed by atoms with Crippen LogP contribution in [0.5, 0.6) is 0 Å². The summed E-state index contributed by atoms with van der Waals surface area (Å²) in [5.74, 6) is 0.924. The molecule has 0 atom stereocenters. The monoisotopic (exact) mass is 321 g/mol. The van der Waals surface area contributed by atoms with Crippen LogP contribution in [0, 0.1) is 17.0 Å². The summed E-state index contributed by atoms with van der Waals surface area (Å²) in [6, 6.07) is 13.3. The van der Waals surface area contributed by atoms with Gasteiger partial charge in [0.05, 0.1) is 4.92 Å². The highest BCUT2D eigenvalue weighted by atomic mass is 16.6. The van der Waals surface area contributed by atoms with Crippen molar-refractivity contribution in [2.45, 2.75) is 6.92 Å². The highest BCUT2D eigenvalue weighted by molar-refractivity contribution is 6.10. The van der Waals surface area contributed by atoms with Gasteiger partial charge in [0.15, 0.2) is 0 Å². The molecule has 2 aromatic carbocycles. The summed E-state index contributed by atoms with van der Waals surface area (Å²) in [6.45, 7) is 1.73. The molecule has 6 nitrogen and oxygen atoms in total. The van der Waals surface area contributed by atoms with Crippen LogP contribution in [0.25, 0.3) is 33.1 Å². The molecule has 0 aliphatic carbocycles. The van der Waals surface area contributed by atoms with Gasteiger partial charge < -0.3 is 8.83 Å². The van der Waals surface area contributed by atoms with E-state index in [9.17, 15) is 14.9 Å². The number of nitro groups is 1. The zero-order valence-electron chi connectivity index (χ0n) is 12.6. The molecule has 0 unspecified atom stereocenters. The van der Waals surface area contributed by atoms with Crippen molar-refractivity contribution in [3.8, 4) is 11.3 Å². The van der Waals surface area contributed by atoms with Crippen molar-refractivity contribution in [2.75, 3.05) is 0 Å². The topological polar surface area (TPSA) is 86.5 Å². The smallest absolute Gasteiger partial charge is 0.348 e. The van der Waals surface area contributed by atoms with Gasteiger partial charge in [-0.25, -0.2) is 4.79 Å². The number of hydrogen-bond donors (Lipinski definition) is 0. The summed E-state index contributed by atoms with van der Waals surface area (Å²) >= 11 is 0. The molecule has 0 saturated heterocycles. The van der Waals surface area contributed by atoms with Crippen LogP contribution in [0.4, 0.5) is 5.69 Å². The van der Waals surface area contributed by atoms with Gasteiger partial charge in [-0.1, -0.05) is 30.3 Å². The molecule has 0 spiro atoms. The van der Waals surface area contributed by atoms with Crippen molar-refractivity contribution in [2.24, 2.45) is 0 Å². The highest BCUT2D eigenvalue weighted by Gasteiger charge is 2.21. The first-order valence-corrected chi connectivity index (χ1v) is 7.26. The van der Waals surface area contributed by atoms with E-state index in [0.29, 0.717) is 33.3 Å². The van der Waals surface area contributed by atoms with Gasteiger partial charge in [-0.3, -0.25) is 10.1 Å². The maximum absolute atomic E-state index is 12.5. The summed E-state index contributed by atoms with van der Waals surface area (Å²) in [6.07, 6.45) is 0. The lowest BCUT2D eigenvalue weighted by atomic mass is 10.1. The molecule has 2 aromatic heterocycles. The Morgan fingerprint density at radius 3 is 2.46 bits per heavy atom. The molecular formula is C18H11NO5. The second-order valence-corrected chi connectivity index (χ2v) is 5.43. The van der Waals surface area contributed by atoms with Gasteiger partial charge in [-0.05, 0) is 13.0 Å². The second-order valence-electron chi connectivity index (χ2n) is 5.43. The van der Waals surface area contributed by atoms with E-state index in [0.717, 1.165) is 5.56 Å². The number of nitrogens with zero attached hydrogens (tertiary/aromatic N) is 1. The summed E-state index contributed by atoms with van der Waals surface area (Å²) in [5, 5.41) is 12.4. The summed E-state index contributed by atoms with van der Waals surface area (Å²) in [4.78, 5) is 23.0. The summed E-state index contributed by atoms with van der Waals surface area (Å²) < 4.78 is 11.2. The van der Waals surface area contributed by atoms with Crippen molar-refractivity contribution >= 4 is 27.4 Å². The summed E-state index contributed by atoms with van der Waals surface area (Å²) in [7, 11) is 0. The molecule has 0 aliphatic rings. The Morgan fingerprint density at radius 2 is 1.75 bits per heavy atom. The minimum atomic E-state index is -0.526. The van der Waals surface area contributed by atoms with Crippen molar-refractivity contribution in [3.63, 3.8) is 0 Å². The number of fused-ring (bicyclic) bond motifs is 3. The van der Waals surface area contributed by atoms with Crippen molar-refractivity contribution in [3.05, 3.63) is 74.8 Å². The molecule has 0 amide bonds. The lowest BCUT2D eigenvalue weighted by molar-refractivity contribution is -0.384. The molecule has 0 aliphatic heterocycles. The number of nitro benzene ring substituents is 1. The molecule has 0 fully saturated rings. The third-order valence-corrected chi connectivity index (χ3v) is 3.97. The number of aryl methyl sites for hydroxylation is 1. The molecule has 2 heterocycles. The second kappa shape index (κ2) is 5.06. The number of hydrogen-bond acceptors (Lipinski definition) is 5. The number of furan rings is 1. The van der Waals surface area contributed by atoms with E-state index in [1.807, 2.05) is 30.3 Å². The highest BCUT2D eigenvalue weighted by Crippen LogP contribution is 2.36. The predicted molar refractivity (Wildman–Crippen MR) is 89.1 cm³/mol. The average Bonchev–Trinajstić information content (AvgIpc) is 2.94. The Kier molecular flexibility index (Phi) is 2.99. The largest absolute Gasteiger partial charge is 0.460 e. The van der Waals surface area contributed by atoms with E-state index in [-0.39, 0.29) is 5.69 Å². The Morgan fingerprint density at radius 1 is 1.00 bits per heavy atom. The molecule has 4 aromatic rings. The number of benzene rings is 2. The number of non-ortho nitro benzene ring substituents is 1. The quantitative estimate of drug-likeness (QED) is 0.310. The SMILES string of the molecule is Cc1oc(-c2ccccc2)c2c(=O)oc3ccc([N+](=O)[O-])cc3c12. The van der Waals surface area contributed by atoms with E-state index in [2.05, 4.69) is 0 Å². The standard InChI is InChI=1S/C18H11NO5/c1-10-15-13-9-12(19(21)22)7-8-14(13)24-18(20)16(15)17(23-10)11-5-3-2-4-6-11/h2-9H,1H3. The molecular weight excluding hydrogens is 310 g/mol. The van der Waals surface area contributed by atoms with Gasteiger partial charge in [0.2, 0.25) is 0 Å². The lowest BCUT2D eigenvalue weighted by Crippen LogP contribution is -2.00. The van der Waals surface area contributed by atoms with Crippen LogP contribution < -0.4 is 5.63 Å². The van der Waals surface area contributed by atoms with E-state index in [1.54, 1.807) is 6.92 Å². The van der Waals surface area contributed by atoms with Crippen molar-refractivity contribution < 1.29 is 13.8 Å². The first-order chi connectivity index (χ1) is 11.6. The summed E-state index contributed by atoms with van der Waals surface area (Å²) in [5.41, 5.74) is 0.441. The molecule has 0 saturated carbocycles. The Labute approximate surface area is 135 Å². The van der Waals surface area contributed by atoms with Crippen molar-refractivity contribution in [1.82, 2.24) is 0 Å². The van der Waals surface area contributed by atoms with E-state index >= 15 is 0 Å². The van der Waals surface area contributed by atoms with E-state index in [1.165, 1.54) is 18.2 Å².